The second kappa shape index (κ2) is 17.3. The number of amides is 3. The minimum absolute atomic E-state index is 0.237. The summed E-state index contributed by atoms with van der Waals surface area (Å²) in [5.74, 6) is -0.560. The van der Waals surface area contributed by atoms with Crippen molar-refractivity contribution in [1.29, 1.82) is 0 Å². The molecule has 0 fully saturated rings. The lowest BCUT2D eigenvalue weighted by atomic mass is 9.98. The summed E-state index contributed by atoms with van der Waals surface area (Å²) in [5.41, 5.74) is 1.73. The van der Waals surface area contributed by atoms with E-state index >= 15 is 0 Å². The van der Waals surface area contributed by atoms with E-state index in [9.17, 15) is 14.4 Å². The Morgan fingerprint density at radius 1 is 0.951 bits per heavy atom. The lowest BCUT2D eigenvalue weighted by molar-refractivity contribution is -0.142. The molecule has 224 valence electrons. The van der Waals surface area contributed by atoms with Crippen molar-refractivity contribution in [2.75, 3.05) is 13.1 Å². The molecule has 0 saturated carbocycles. The maximum absolute atomic E-state index is 14.5. The highest BCUT2D eigenvalue weighted by Gasteiger charge is 2.36. The first-order valence-corrected chi connectivity index (χ1v) is 14.9. The van der Waals surface area contributed by atoms with Crippen molar-refractivity contribution in [3.05, 3.63) is 77.9 Å². The van der Waals surface area contributed by atoms with E-state index in [-0.39, 0.29) is 18.2 Å². The summed E-state index contributed by atoms with van der Waals surface area (Å²) in [6.07, 6.45) is 6.85. The van der Waals surface area contributed by atoms with Crippen molar-refractivity contribution >= 4 is 24.0 Å². The molecule has 7 heteroatoms. The molecule has 2 rings (SSSR count). The summed E-state index contributed by atoms with van der Waals surface area (Å²) in [7, 11) is 0. The van der Waals surface area contributed by atoms with Gasteiger partial charge < -0.3 is 20.3 Å². The van der Waals surface area contributed by atoms with Gasteiger partial charge in [-0.3, -0.25) is 9.59 Å². The molecule has 2 N–H and O–H groups in total. The van der Waals surface area contributed by atoms with Gasteiger partial charge in [0.15, 0.2) is 0 Å². The molecule has 0 aromatic heterocycles. The van der Waals surface area contributed by atoms with Crippen LogP contribution in [0.3, 0.4) is 0 Å². The minimum Gasteiger partial charge on any atom is -0.444 e. The van der Waals surface area contributed by atoms with Crippen molar-refractivity contribution in [2.24, 2.45) is 0 Å². The lowest BCUT2D eigenvalue weighted by Crippen LogP contribution is -2.54. The molecule has 0 aliphatic rings. The number of rotatable bonds is 16. The van der Waals surface area contributed by atoms with E-state index in [4.69, 9.17) is 4.74 Å². The summed E-state index contributed by atoms with van der Waals surface area (Å²) in [4.78, 5) is 42.8. The van der Waals surface area contributed by atoms with E-state index in [2.05, 4.69) is 31.1 Å². The normalized spacial score (nSPS) is 12.6. The van der Waals surface area contributed by atoms with Gasteiger partial charge in [0, 0.05) is 19.5 Å². The Hall–Kier alpha value is -3.61. The van der Waals surface area contributed by atoms with Gasteiger partial charge in [0.2, 0.25) is 11.8 Å². The highest BCUT2D eigenvalue weighted by atomic mass is 16.6. The predicted molar refractivity (Wildman–Crippen MR) is 166 cm³/mol. The summed E-state index contributed by atoms with van der Waals surface area (Å²) in [6.45, 7) is 14.3. The number of unbranched alkanes of at least 4 members (excludes halogenated alkanes) is 4. The van der Waals surface area contributed by atoms with Crippen LogP contribution in [0, 0.1) is 0 Å². The number of nitrogens with zero attached hydrogens (tertiary/aromatic N) is 1. The second-order valence-corrected chi connectivity index (χ2v) is 11.4. The molecule has 0 spiro atoms. The van der Waals surface area contributed by atoms with Gasteiger partial charge in [-0.2, -0.15) is 0 Å². The van der Waals surface area contributed by atoms with E-state index in [0.29, 0.717) is 18.7 Å². The molecule has 2 atom stereocenters. The van der Waals surface area contributed by atoms with E-state index in [1.165, 1.54) is 0 Å². The van der Waals surface area contributed by atoms with Gasteiger partial charge in [0.05, 0.1) is 0 Å². The molecule has 0 heterocycles. The summed E-state index contributed by atoms with van der Waals surface area (Å²) in [5, 5.41) is 5.87. The molecule has 2 aromatic carbocycles. The highest BCUT2D eigenvalue weighted by molar-refractivity contribution is 5.92. The van der Waals surface area contributed by atoms with Crippen molar-refractivity contribution in [1.82, 2.24) is 15.5 Å². The molecular formula is C34H49N3O4. The molecule has 0 aliphatic heterocycles. The van der Waals surface area contributed by atoms with Crippen molar-refractivity contribution < 1.29 is 19.1 Å². The van der Waals surface area contributed by atoms with Crippen LogP contribution in [0.5, 0.6) is 0 Å². The van der Waals surface area contributed by atoms with Gasteiger partial charge in [-0.1, -0.05) is 101 Å². The fraction of sp³-hybridized carbons (Fsp3) is 0.500. The van der Waals surface area contributed by atoms with E-state index < -0.39 is 23.8 Å². The maximum Gasteiger partial charge on any atom is 0.408 e. The van der Waals surface area contributed by atoms with Gasteiger partial charge in [0.1, 0.15) is 17.7 Å². The first-order valence-electron chi connectivity index (χ1n) is 14.9. The second-order valence-electron chi connectivity index (χ2n) is 11.4. The standard InChI is InChI=1S/C34H49N3O4/c1-7-10-12-16-23-37(30(31(38)35-22-11-8-2)28-21-17-20-26(9-3)24-28)32(39)29(25-27-18-14-13-15-19-27)36-33(40)41-34(4,5)6/h9,13-15,17-21,24,29-30H,3,7-8,10-12,16,22-23,25H2,1-2,4-6H3,(H,35,38)(H,36,40). The van der Waals surface area contributed by atoms with E-state index in [1.54, 1.807) is 31.7 Å². The summed E-state index contributed by atoms with van der Waals surface area (Å²) >= 11 is 0. The molecule has 7 nitrogen and oxygen atoms in total. The van der Waals surface area contributed by atoms with Crippen LogP contribution in [0.15, 0.2) is 61.2 Å². The largest absolute Gasteiger partial charge is 0.444 e. The Bertz CT molecular complexity index is 1110. The molecule has 41 heavy (non-hydrogen) atoms. The third kappa shape index (κ3) is 11.8. The number of ether oxygens (including phenoxy) is 1. The van der Waals surface area contributed by atoms with Crippen LogP contribution in [-0.4, -0.2) is 47.5 Å². The quantitative estimate of drug-likeness (QED) is 0.219. The van der Waals surface area contributed by atoms with E-state index in [1.807, 2.05) is 54.6 Å². The van der Waals surface area contributed by atoms with Crippen LogP contribution >= 0.6 is 0 Å². The smallest absolute Gasteiger partial charge is 0.408 e. The SMILES string of the molecule is C=Cc1cccc(C(C(=O)NCCCC)N(CCCCCC)C(=O)C(Cc2ccccc2)NC(=O)OC(C)(C)C)c1. The maximum atomic E-state index is 14.5. The Balaban J connectivity index is 2.55. The summed E-state index contributed by atoms with van der Waals surface area (Å²) < 4.78 is 5.53. The number of carbonyl (C=O) groups is 3. The number of hydrogen-bond donors (Lipinski definition) is 2. The minimum atomic E-state index is -0.924. The van der Waals surface area contributed by atoms with Crippen molar-refractivity contribution in [3.8, 4) is 0 Å². The number of nitrogens with one attached hydrogen (secondary N) is 2. The van der Waals surface area contributed by atoms with Gasteiger partial charge in [0.25, 0.3) is 0 Å². The molecule has 2 unspecified atom stereocenters. The van der Waals surface area contributed by atoms with Crippen LogP contribution in [0.2, 0.25) is 0 Å². The number of alkyl carbamates (subject to hydrolysis) is 1. The third-order valence-electron chi connectivity index (χ3n) is 6.66. The van der Waals surface area contributed by atoms with Gasteiger partial charge in [-0.25, -0.2) is 4.79 Å². The van der Waals surface area contributed by atoms with Crippen LogP contribution in [0.1, 0.15) is 95.9 Å². The molecule has 0 saturated heterocycles. The molecule has 0 aliphatic carbocycles. The van der Waals surface area contributed by atoms with Crippen LogP contribution in [-0.2, 0) is 20.7 Å². The third-order valence-corrected chi connectivity index (χ3v) is 6.66. The average Bonchev–Trinajstić information content (AvgIpc) is 2.93. The number of benzene rings is 2. The Labute approximate surface area is 246 Å². The topological polar surface area (TPSA) is 87.7 Å². The Morgan fingerprint density at radius 3 is 2.29 bits per heavy atom. The number of hydrogen-bond acceptors (Lipinski definition) is 4. The van der Waals surface area contributed by atoms with Crippen LogP contribution in [0.4, 0.5) is 4.79 Å². The predicted octanol–water partition coefficient (Wildman–Crippen LogP) is 6.83. The Morgan fingerprint density at radius 2 is 1.66 bits per heavy atom. The average molecular weight is 564 g/mol. The zero-order valence-electron chi connectivity index (χ0n) is 25.6. The first-order chi connectivity index (χ1) is 19.6. The van der Waals surface area contributed by atoms with Crippen molar-refractivity contribution in [3.63, 3.8) is 0 Å². The zero-order valence-corrected chi connectivity index (χ0v) is 25.6. The Kier molecular flexibility index (Phi) is 14.1. The van der Waals surface area contributed by atoms with Gasteiger partial charge in [-0.15, -0.1) is 0 Å². The summed E-state index contributed by atoms with van der Waals surface area (Å²) in [6, 6.07) is 15.3. The van der Waals surface area contributed by atoms with Gasteiger partial charge in [-0.05, 0) is 56.4 Å². The lowest BCUT2D eigenvalue weighted by Gasteiger charge is -2.35. The molecule has 3 amide bonds. The zero-order chi connectivity index (χ0) is 30.3. The first kappa shape index (κ1) is 33.6. The van der Waals surface area contributed by atoms with Crippen LogP contribution in [0.25, 0.3) is 6.08 Å². The monoisotopic (exact) mass is 563 g/mol. The van der Waals surface area contributed by atoms with Crippen molar-refractivity contribution in [2.45, 2.75) is 97.2 Å². The molecule has 0 bridgehead atoms. The van der Waals surface area contributed by atoms with Gasteiger partial charge >= 0.3 is 6.09 Å². The molecule has 2 aromatic rings. The molecule has 0 radical (unpaired) electrons. The molecular weight excluding hydrogens is 514 g/mol. The van der Waals surface area contributed by atoms with Crippen LogP contribution < -0.4 is 10.6 Å². The highest BCUT2D eigenvalue weighted by Crippen LogP contribution is 2.26. The fourth-order valence-corrected chi connectivity index (χ4v) is 4.59. The number of carbonyl (C=O) groups excluding carboxylic acids is 3. The fourth-order valence-electron chi connectivity index (χ4n) is 4.59. The van der Waals surface area contributed by atoms with E-state index in [0.717, 1.165) is 49.7 Å².